The number of oxazole rings is 1. The number of carbonyl (C=O) groups is 3. The summed E-state index contributed by atoms with van der Waals surface area (Å²) >= 11 is 0. The molecule has 230 valence electrons. The summed E-state index contributed by atoms with van der Waals surface area (Å²) in [5, 5.41) is 0. The first-order valence-electron chi connectivity index (χ1n) is 14.4. The van der Waals surface area contributed by atoms with E-state index in [4.69, 9.17) is 29.1 Å². The standard InChI is InChI=1S/C34H26N4O8/c35-34-37-22-16-24-25(17-23(22)38-34)44-30(36-24)29-28(46-33(41)21-14-8-3-9-15-21)27(45-32(40)20-12-6-2-7-13-20)26(43-29)18-42-31(39)19-10-4-1-5-11-19/h1-17,26-29H,18H2,(H3,35,37,38)/t26-,27-,28-,29-/m1/s1. The van der Waals surface area contributed by atoms with Crippen molar-refractivity contribution in [1.29, 1.82) is 0 Å². The molecule has 6 aromatic rings. The normalized spacial score (nSPS) is 19.2. The van der Waals surface area contributed by atoms with E-state index in [9.17, 15) is 14.4 Å². The van der Waals surface area contributed by atoms with Crippen molar-refractivity contribution in [3.8, 4) is 0 Å². The second-order valence-electron chi connectivity index (χ2n) is 10.5. The van der Waals surface area contributed by atoms with Gasteiger partial charge >= 0.3 is 17.9 Å². The molecule has 0 radical (unpaired) electrons. The highest BCUT2D eigenvalue weighted by molar-refractivity contribution is 5.92. The average Bonchev–Trinajstić information content (AvgIpc) is 3.77. The van der Waals surface area contributed by atoms with Gasteiger partial charge < -0.3 is 34.1 Å². The van der Waals surface area contributed by atoms with Gasteiger partial charge in [-0.25, -0.2) is 24.4 Å². The number of hydrogen-bond acceptors (Lipinski definition) is 11. The van der Waals surface area contributed by atoms with Crippen molar-refractivity contribution in [3.63, 3.8) is 0 Å². The highest BCUT2D eigenvalue weighted by Gasteiger charge is 2.53. The Labute approximate surface area is 261 Å². The van der Waals surface area contributed by atoms with E-state index in [1.54, 1.807) is 103 Å². The molecule has 0 amide bonds. The minimum atomic E-state index is -1.24. The lowest BCUT2D eigenvalue weighted by atomic mass is 10.1. The van der Waals surface area contributed by atoms with E-state index in [1.807, 2.05) is 0 Å². The van der Waals surface area contributed by atoms with Gasteiger partial charge in [0.05, 0.1) is 27.7 Å². The topological polar surface area (TPSA) is 169 Å². The quantitative estimate of drug-likeness (QED) is 0.173. The van der Waals surface area contributed by atoms with Crippen molar-refractivity contribution in [3.05, 3.63) is 126 Å². The van der Waals surface area contributed by atoms with Crippen molar-refractivity contribution in [2.75, 3.05) is 12.3 Å². The van der Waals surface area contributed by atoms with Gasteiger partial charge in [-0.1, -0.05) is 54.6 Å². The number of esters is 3. The molecule has 0 saturated carbocycles. The minimum Gasteiger partial charge on any atom is -0.459 e. The van der Waals surface area contributed by atoms with Gasteiger partial charge in [0, 0.05) is 6.07 Å². The SMILES string of the molecule is Nc1nc2cc3oc([C@@H]4O[C@H](COC(=O)c5ccccc5)[C@@H](OC(=O)c5ccccc5)[C@H]4OC(=O)c4ccccc4)nc3cc2[nH]1. The molecule has 0 spiro atoms. The number of H-pyrrole nitrogens is 1. The van der Waals surface area contributed by atoms with Crippen LogP contribution in [-0.2, 0) is 18.9 Å². The number of fused-ring (bicyclic) bond motifs is 2. The Hall–Kier alpha value is -6.01. The molecule has 1 aliphatic heterocycles. The Bertz CT molecular complexity index is 1980. The third kappa shape index (κ3) is 5.76. The molecule has 4 aromatic carbocycles. The average molecular weight is 619 g/mol. The van der Waals surface area contributed by atoms with Gasteiger partial charge in [0.2, 0.25) is 5.89 Å². The number of aromatic nitrogens is 3. The summed E-state index contributed by atoms with van der Waals surface area (Å²) in [6.07, 6.45) is -4.68. The number of benzene rings is 4. The van der Waals surface area contributed by atoms with Crippen LogP contribution in [0.3, 0.4) is 0 Å². The number of anilines is 1. The summed E-state index contributed by atoms with van der Waals surface area (Å²) in [6.45, 7) is -0.331. The first-order valence-corrected chi connectivity index (χ1v) is 14.4. The lowest BCUT2D eigenvalue weighted by molar-refractivity contribution is -0.0467. The molecule has 0 aliphatic carbocycles. The van der Waals surface area contributed by atoms with Crippen LogP contribution >= 0.6 is 0 Å². The van der Waals surface area contributed by atoms with Crippen LogP contribution < -0.4 is 5.73 Å². The Morgan fingerprint density at radius 1 is 0.717 bits per heavy atom. The van der Waals surface area contributed by atoms with E-state index in [1.165, 1.54) is 0 Å². The van der Waals surface area contributed by atoms with Crippen LogP contribution in [0.15, 0.2) is 108 Å². The Kier molecular flexibility index (Phi) is 7.61. The second-order valence-corrected chi connectivity index (χ2v) is 10.5. The Balaban J connectivity index is 1.25. The fraction of sp³-hybridized carbons (Fsp3) is 0.147. The third-order valence-electron chi connectivity index (χ3n) is 7.47. The fourth-order valence-corrected chi connectivity index (χ4v) is 5.27. The van der Waals surface area contributed by atoms with Crippen molar-refractivity contribution >= 4 is 46.0 Å². The van der Waals surface area contributed by atoms with E-state index in [-0.39, 0.29) is 29.6 Å². The summed E-state index contributed by atoms with van der Waals surface area (Å²) in [5.74, 6) is -1.69. The van der Waals surface area contributed by atoms with Gasteiger partial charge in [0.25, 0.3) is 0 Å². The molecule has 7 rings (SSSR count). The van der Waals surface area contributed by atoms with Crippen LogP contribution in [0, 0.1) is 0 Å². The third-order valence-corrected chi connectivity index (χ3v) is 7.47. The maximum Gasteiger partial charge on any atom is 0.338 e. The van der Waals surface area contributed by atoms with Crippen molar-refractivity contribution < 1.29 is 37.7 Å². The number of imidazole rings is 1. The number of ether oxygens (including phenoxy) is 4. The van der Waals surface area contributed by atoms with E-state index < -0.39 is 42.3 Å². The van der Waals surface area contributed by atoms with Gasteiger partial charge in [-0.2, -0.15) is 0 Å². The number of nitrogen functional groups attached to an aromatic ring is 1. The molecular weight excluding hydrogens is 592 g/mol. The minimum absolute atomic E-state index is 0.0548. The number of nitrogens with one attached hydrogen (secondary N) is 1. The van der Waals surface area contributed by atoms with E-state index in [0.29, 0.717) is 27.7 Å². The number of nitrogens with zero attached hydrogens (tertiary/aromatic N) is 2. The zero-order valence-electron chi connectivity index (χ0n) is 24.1. The Morgan fingerprint density at radius 2 is 1.28 bits per heavy atom. The van der Waals surface area contributed by atoms with Gasteiger partial charge in [-0.05, 0) is 42.5 Å². The maximum absolute atomic E-state index is 13.4. The van der Waals surface area contributed by atoms with E-state index in [2.05, 4.69) is 15.0 Å². The molecule has 1 fully saturated rings. The van der Waals surface area contributed by atoms with Crippen LogP contribution in [0.25, 0.3) is 22.1 Å². The highest BCUT2D eigenvalue weighted by atomic mass is 16.7. The summed E-state index contributed by atoms with van der Waals surface area (Å²) in [6, 6.07) is 28.5. The monoisotopic (exact) mass is 618 g/mol. The predicted octanol–water partition coefficient (Wildman–Crippen LogP) is 5.03. The number of aromatic amines is 1. The maximum atomic E-state index is 13.4. The van der Waals surface area contributed by atoms with Crippen LogP contribution in [0.4, 0.5) is 5.95 Å². The number of rotatable bonds is 8. The molecule has 46 heavy (non-hydrogen) atoms. The fourth-order valence-electron chi connectivity index (χ4n) is 5.27. The Morgan fingerprint density at radius 3 is 1.89 bits per heavy atom. The number of carbonyl (C=O) groups excluding carboxylic acids is 3. The lowest BCUT2D eigenvalue weighted by Crippen LogP contribution is -2.40. The number of nitrogens with two attached hydrogens (primary N) is 1. The van der Waals surface area contributed by atoms with Crippen LogP contribution in [0.1, 0.15) is 43.1 Å². The summed E-state index contributed by atoms with van der Waals surface area (Å²) in [4.78, 5) is 51.4. The molecular formula is C34H26N4O8. The van der Waals surface area contributed by atoms with Gasteiger partial charge in [-0.3, -0.25) is 0 Å². The first-order chi connectivity index (χ1) is 22.4. The molecule has 3 heterocycles. The molecule has 0 bridgehead atoms. The highest BCUT2D eigenvalue weighted by Crippen LogP contribution is 2.39. The molecule has 1 saturated heterocycles. The smallest absolute Gasteiger partial charge is 0.338 e. The molecule has 3 N–H and O–H groups in total. The molecule has 12 nitrogen and oxygen atoms in total. The largest absolute Gasteiger partial charge is 0.459 e. The second kappa shape index (κ2) is 12.2. The van der Waals surface area contributed by atoms with Crippen molar-refractivity contribution in [1.82, 2.24) is 15.0 Å². The molecule has 4 atom stereocenters. The van der Waals surface area contributed by atoms with Crippen molar-refractivity contribution in [2.24, 2.45) is 0 Å². The van der Waals surface area contributed by atoms with Crippen LogP contribution in [0.5, 0.6) is 0 Å². The molecule has 0 unspecified atom stereocenters. The van der Waals surface area contributed by atoms with Gasteiger partial charge in [0.1, 0.15) is 18.2 Å². The first kappa shape index (κ1) is 28.7. The van der Waals surface area contributed by atoms with E-state index >= 15 is 0 Å². The zero-order valence-corrected chi connectivity index (χ0v) is 24.1. The summed E-state index contributed by atoms with van der Waals surface area (Å²) in [5.41, 5.74) is 8.70. The van der Waals surface area contributed by atoms with Crippen LogP contribution in [0.2, 0.25) is 0 Å². The van der Waals surface area contributed by atoms with Gasteiger partial charge in [-0.15, -0.1) is 0 Å². The van der Waals surface area contributed by atoms with Crippen LogP contribution in [-0.4, -0.2) is 57.8 Å². The predicted molar refractivity (Wildman–Crippen MR) is 164 cm³/mol. The number of hydrogen-bond donors (Lipinski definition) is 2. The van der Waals surface area contributed by atoms with E-state index in [0.717, 1.165) is 0 Å². The molecule has 2 aromatic heterocycles. The lowest BCUT2D eigenvalue weighted by Gasteiger charge is -2.24. The van der Waals surface area contributed by atoms with Crippen molar-refractivity contribution in [2.45, 2.75) is 24.4 Å². The summed E-state index contributed by atoms with van der Waals surface area (Å²) < 4.78 is 30.0. The molecule has 12 heteroatoms. The van der Waals surface area contributed by atoms with Gasteiger partial charge in [0.15, 0.2) is 29.8 Å². The molecule has 1 aliphatic rings. The summed E-state index contributed by atoms with van der Waals surface area (Å²) in [7, 11) is 0. The zero-order chi connectivity index (χ0) is 31.6.